The van der Waals surface area contributed by atoms with Gasteiger partial charge in [-0.15, -0.1) is 0 Å². The Morgan fingerprint density at radius 1 is 0.909 bits per heavy atom. The van der Waals surface area contributed by atoms with Gasteiger partial charge in [0.25, 0.3) is 0 Å². The molecule has 1 atom stereocenters. The van der Waals surface area contributed by atoms with Gasteiger partial charge in [0.2, 0.25) is 5.91 Å². The van der Waals surface area contributed by atoms with Gasteiger partial charge in [-0.3, -0.25) is 4.79 Å². The van der Waals surface area contributed by atoms with Gasteiger partial charge in [0.15, 0.2) is 0 Å². The van der Waals surface area contributed by atoms with Crippen LogP contribution in [0.25, 0.3) is 0 Å². The number of hydrogen-bond acceptors (Lipinski definition) is 2. The van der Waals surface area contributed by atoms with E-state index in [9.17, 15) is 4.79 Å². The normalized spacial score (nSPS) is 34.7. The van der Waals surface area contributed by atoms with Crippen LogP contribution in [0.4, 0.5) is 0 Å². The minimum Gasteiger partial charge on any atom is -0.353 e. The van der Waals surface area contributed by atoms with E-state index in [1.54, 1.807) is 0 Å². The number of rotatable bonds is 4. The second-order valence-corrected chi connectivity index (χ2v) is 7.87. The molecule has 0 aromatic carbocycles. The lowest BCUT2D eigenvalue weighted by molar-refractivity contribution is -0.127. The lowest BCUT2D eigenvalue weighted by Gasteiger charge is -2.38. The summed E-state index contributed by atoms with van der Waals surface area (Å²) in [5.41, 5.74) is 0. The van der Waals surface area contributed by atoms with Crippen molar-refractivity contribution in [2.75, 3.05) is 19.6 Å². The molecule has 3 heteroatoms. The van der Waals surface area contributed by atoms with Crippen LogP contribution in [0.1, 0.15) is 71.1 Å². The summed E-state index contributed by atoms with van der Waals surface area (Å²) in [6.45, 7) is 5.73. The molecule has 1 saturated heterocycles. The molecule has 0 aromatic rings. The van der Waals surface area contributed by atoms with E-state index in [4.69, 9.17) is 0 Å². The SMILES string of the molecule is CCN1CCCC(NC(=O)C2CCC(C3CCC3)CC2)CC1. The summed E-state index contributed by atoms with van der Waals surface area (Å²) in [5, 5.41) is 3.38. The fraction of sp³-hybridized carbons (Fsp3) is 0.947. The van der Waals surface area contributed by atoms with Crippen molar-refractivity contribution in [2.45, 2.75) is 77.2 Å². The molecular weight excluding hydrogens is 272 g/mol. The monoisotopic (exact) mass is 306 g/mol. The van der Waals surface area contributed by atoms with Crippen LogP contribution in [0.5, 0.6) is 0 Å². The van der Waals surface area contributed by atoms with Crippen LogP contribution >= 0.6 is 0 Å². The minimum atomic E-state index is 0.307. The Kier molecular flexibility index (Phi) is 5.78. The standard InChI is InChI=1S/C19H34N2O/c1-2-21-13-4-7-18(12-14-21)20-19(22)17-10-8-16(9-11-17)15-5-3-6-15/h15-18H,2-14H2,1H3,(H,20,22). The van der Waals surface area contributed by atoms with Gasteiger partial charge in [0.1, 0.15) is 0 Å². The van der Waals surface area contributed by atoms with Crippen LogP contribution < -0.4 is 5.32 Å². The van der Waals surface area contributed by atoms with Gasteiger partial charge >= 0.3 is 0 Å². The molecule has 0 aromatic heterocycles. The highest BCUT2D eigenvalue weighted by atomic mass is 16.1. The van der Waals surface area contributed by atoms with Crippen LogP contribution in [-0.4, -0.2) is 36.5 Å². The molecule has 0 bridgehead atoms. The highest BCUT2D eigenvalue weighted by Gasteiger charge is 2.33. The van der Waals surface area contributed by atoms with E-state index >= 15 is 0 Å². The first-order valence-corrected chi connectivity index (χ1v) is 9.79. The predicted molar refractivity (Wildman–Crippen MR) is 90.7 cm³/mol. The molecule has 2 saturated carbocycles. The largest absolute Gasteiger partial charge is 0.353 e. The Balaban J connectivity index is 1.40. The molecule has 3 rings (SSSR count). The number of nitrogens with one attached hydrogen (secondary N) is 1. The Bertz CT molecular complexity index is 358. The van der Waals surface area contributed by atoms with E-state index in [1.807, 2.05) is 0 Å². The molecular formula is C19H34N2O. The van der Waals surface area contributed by atoms with Gasteiger partial charge in [-0.2, -0.15) is 0 Å². The molecule has 3 nitrogen and oxygen atoms in total. The number of nitrogens with zero attached hydrogens (tertiary/aromatic N) is 1. The molecule has 0 spiro atoms. The van der Waals surface area contributed by atoms with Crippen LogP contribution in [0.2, 0.25) is 0 Å². The van der Waals surface area contributed by atoms with Crippen molar-refractivity contribution in [3.8, 4) is 0 Å². The number of likely N-dealkylation sites (tertiary alicyclic amines) is 1. The third-order valence-corrected chi connectivity index (χ3v) is 6.57. The van der Waals surface area contributed by atoms with Crippen molar-refractivity contribution in [1.82, 2.24) is 10.2 Å². The first-order valence-electron chi connectivity index (χ1n) is 9.79. The van der Waals surface area contributed by atoms with E-state index in [-0.39, 0.29) is 0 Å². The van der Waals surface area contributed by atoms with Gasteiger partial charge in [-0.05, 0) is 69.9 Å². The Morgan fingerprint density at radius 2 is 1.64 bits per heavy atom. The average Bonchev–Trinajstić information content (AvgIpc) is 2.71. The fourth-order valence-electron chi connectivity index (χ4n) is 4.70. The Morgan fingerprint density at radius 3 is 2.27 bits per heavy atom. The first-order chi connectivity index (χ1) is 10.8. The molecule has 22 heavy (non-hydrogen) atoms. The van der Waals surface area contributed by atoms with Crippen molar-refractivity contribution in [2.24, 2.45) is 17.8 Å². The van der Waals surface area contributed by atoms with Crippen molar-refractivity contribution in [1.29, 1.82) is 0 Å². The summed E-state index contributed by atoms with van der Waals surface area (Å²) in [7, 11) is 0. The smallest absolute Gasteiger partial charge is 0.223 e. The van der Waals surface area contributed by atoms with Gasteiger partial charge in [-0.1, -0.05) is 26.2 Å². The second kappa shape index (κ2) is 7.81. The van der Waals surface area contributed by atoms with Crippen molar-refractivity contribution >= 4 is 5.91 Å². The van der Waals surface area contributed by atoms with Gasteiger partial charge in [0.05, 0.1) is 0 Å². The molecule has 3 aliphatic rings. The van der Waals surface area contributed by atoms with Crippen LogP contribution in [-0.2, 0) is 4.79 Å². The van der Waals surface area contributed by atoms with Gasteiger partial charge in [-0.25, -0.2) is 0 Å². The number of carbonyl (C=O) groups excluding carboxylic acids is 1. The molecule has 1 aliphatic heterocycles. The van der Waals surface area contributed by atoms with Crippen LogP contribution in [0, 0.1) is 17.8 Å². The first kappa shape index (κ1) is 16.3. The zero-order valence-corrected chi connectivity index (χ0v) is 14.4. The maximum atomic E-state index is 12.6. The second-order valence-electron chi connectivity index (χ2n) is 7.87. The van der Waals surface area contributed by atoms with Gasteiger partial charge < -0.3 is 10.2 Å². The van der Waals surface area contributed by atoms with Crippen molar-refractivity contribution in [3.63, 3.8) is 0 Å². The third kappa shape index (κ3) is 4.04. The molecule has 0 radical (unpaired) electrons. The molecule has 126 valence electrons. The maximum absolute atomic E-state index is 12.6. The summed E-state index contributed by atoms with van der Waals surface area (Å²) < 4.78 is 0. The Hall–Kier alpha value is -0.570. The minimum absolute atomic E-state index is 0.307. The number of carbonyl (C=O) groups is 1. The zero-order valence-electron chi connectivity index (χ0n) is 14.4. The highest BCUT2D eigenvalue weighted by Crippen LogP contribution is 2.42. The predicted octanol–water partition coefficient (Wildman–Crippen LogP) is 3.58. The van der Waals surface area contributed by atoms with Crippen LogP contribution in [0.15, 0.2) is 0 Å². The van der Waals surface area contributed by atoms with E-state index < -0.39 is 0 Å². The topological polar surface area (TPSA) is 32.3 Å². The lowest BCUT2D eigenvalue weighted by atomic mass is 9.68. The molecule has 2 aliphatic carbocycles. The lowest BCUT2D eigenvalue weighted by Crippen LogP contribution is -2.41. The fourth-order valence-corrected chi connectivity index (χ4v) is 4.70. The number of amides is 1. The van der Waals surface area contributed by atoms with Gasteiger partial charge in [0, 0.05) is 18.5 Å². The molecule has 1 heterocycles. The van der Waals surface area contributed by atoms with E-state index in [0.29, 0.717) is 17.9 Å². The Labute approximate surface area is 136 Å². The van der Waals surface area contributed by atoms with E-state index in [1.165, 1.54) is 51.5 Å². The third-order valence-electron chi connectivity index (χ3n) is 6.57. The van der Waals surface area contributed by atoms with Crippen molar-refractivity contribution in [3.05, 3.63) is 0 Å². The van der Waals surface area contributed by atoms with Crippen molar-refractivity contribution < 1.29 is 4.79 Å². The van der Waals surface area contributed by atoms with E-state index in [0.717, 1.165) is 44.2 Å². The highest BCUT2D eigenvalue weighted by molar-refractivity contribution is 5.79. The summed E-state index contributed by atoms with van der Waals surface area (Å²) in [5.74, 6) is 2.61. The maximum Gasteiger partial charge on any atom is 0.223 e. The molecule has 3 fully saturated rings. The number of hydrogen-bond donors (Lipinski definition) is 1. The van der Waals surface area contributed by atoms with Crippen LogP contribution in [0.3, 0.4) is 0 Å². The average molecular weight is 306 g/mol. The molecule has 1 unspecified atom stereocenters. The summed E-state index contributed by atoms with van der Waals surface area (Å²) >= 11 is 0. The summed E-state index contributed by atoms with van der Waals surface area (Å²) in [6.07, 6.45) is 12.8. The van der Waals surface area contributed by atoms with E-state index in [2.05, 4.69) is 17.1 Å². The summed E-state index contributed by atoms with van der Waals surface area (Å²) in [6, 6.07) is 0.424. The zero-order chi connectivity index (χ0) is 15.4. The molecule has 1 N–H and O–H groups in total. The summed E-state index contributed by atoms with van der Waals surface area (Å²) in [4.78, 5) is 15.1. The quantitative estimate of drug-likeness (QED) is 0.861. The molecule has 1 amide bonds.